The smallest absolute Gasteiger partial charge is 0.197 e. The first-order valence-electron chi connectivity index (χ1n) is 5.14. The van der Waals surface area contributed by atoms with Gasteiger partial charge in [-0.05, 0) is 0 Å². The zero-order chi connectivity index (χ0) is 14.3. The van der Waals surface area contributed by atoms with E-state index in [2.05, 4.69) is 12.5 Å². The van der Waals surface area contributed by atoms with Gasteiger partial charge in [0.1, 0.15) is 4.87 Å². The van der Waals surface area contributed by atoms with Crippen molar-refractivity contribution in [1.29, 1.82) is 0 Å². The van der Waals surface area contributed by atoms with E-state index in [0.29, 0.717) is 10.1 Å². The van der Waals surface area contributed by atoms with E-state index in [-0.39, 0.29) is 25.0 Å². The van der Waals surface area contributed by atoms with Gasteiger partial charge in [0.25, 0.3) is 0 Å². The van der Waals surface area contributed by atoms with E-state index < -0.39 is 15.7 Å². The van der Waals surface area contributed by atoms with Crippen LogP contribution in [-0.4, -0.2) is 37.9 Å². The average Bonchev–Trinajstić information content (AvgIpc) is 2.64. The molecule has 0 aliphatic heterocycles. The van der Waals surface area contributed by atoms with E-state index >= 15 is 0 Å². The Morgan fingerprint density at radius 2 is 1.61 bits per heavy atom. The van der Waals surface area contributed by atoms with E-state index in [9.17, 15) is 10.2 Å². The molecule has 2 bridgehead atoms. The van der Waals surface area contributed by atoms with Crippen LogP contribution in [0.3, 0.4) is 0 Å². The van der Waals surface area contributed by atoms with Crippen molar-refractivity contribution < 1.29 is 14.4 Å². The summed E-state index contributed by atoms with van der Waals surface area (Å²) in [6, 6.07) is 0. The topological polar surface area (TPSA) is 57.5 Å². The second kappa shape index (κ2) is 5.68. The summed E-state index contributed by atoms with van der Waals surface area (Å²) in [5.74, 6) is -0.644. The van der Waals surface area contributed by atoms with Gasteiger partial charge >= 0.3 is 0 Å². The van der Waals surface area contributed by atoms with Gasteiger partial charge in [-0.3, -0.25) is 0 Å². The van der Waals surface area contributed by atoms with E-state index in [1.165, 1.54) is 0 Å². The van der Waals surface area contributed by atoms with Crippen LogP contribution >= 0.6 is 46.4 Å². The molecule has 8 heteroatoms. The predicted octanol–water partition coefficient (Wildman–Crippen LogP) is 2.17. The molecule has 0 aromatic rings. The normalized spacial score (nSPS) is 46.1. The number of fused-ring (bicyclic) bond motifs is 2. The lowest BCUT2D eigenvalue weighted by atomic mass is 9.75. The monoisotopic (exact) mass is 352 g/mol. The molecular formula is C10H12Cl4O3S. The van der Waals surface area contributed by atoms with Crippen LogP contribution in [-0.2, 0) is 12.5 Å². The van der Waals surface area contributed by atoms with Crippen molar-refractivity contribution >= 4 is 58.9 Å². The summed E-state index contributed by atoms with van der Waals surface area (Å²) >= 11 is 27.9. The number of rotatable bonds is 2. The maximum atomic E-state index is 9.44. The molecule has 0 aromatic heterocycles. The number of hydrogen-bond acceptors (Lipinski definition) is 4. The minimum absolute atomic E-state index is 0.125. The largest absolute Gasteiger partial charge is 0.396 e. The molecule has 2 N–H and O–H groups in total. The van der Waals surface area contributed by atoms with Gasteiger partial charge in [-0.1, -0.05) is 30.1 Å². The molecule has 0 amide bonds. The molecule has 2 rings (SSSR count). The van der Waals surface area contributed by atoms with Crippen molar-refractivity contribution in [3.63, 3.8) is 0 Å². The van der Waals surface area contributed by atoms with Gasteiger partial charge < -0.3 is 10.2 Å². The first kappa shape index (κ1) is 16.9. The zero-order valence-electron chi connectivity index (χ0n) is 9.37. The lowest BCUT2D eigenvalue weighted by Crippen LogP contribution is -2.39. The number of aliphatic hydroxyl groups excluding tert-OH is 2. The molecule has 1 fully saturated rings. The van der Waals surface area contributed by atoms with Gasteiger partial charge in [0.2, 0.25) is 0 Å². The van der Waals surface area contributed by atoms with Crippen LogP contribution in [0, 0.1) is 17.3 Å². The summed E-state index contributed by atoms with van der Waals surface area (Å²) < 4.78 is 7.83. The fraction of sp³-hybridized carbons (Fsp3) is 0.800. The summed E-state index contributed by atoms with van der Waals surface area (Å²) in [4.78, 5) is -1.06. The number of hydrogen-bond donors (Lipinski definition) is 2. The fourth-order valence-corrected chi connectivity index (χ4v) is 5.16. The van der Waals surface area contributed by atoms with Crippen molar-refractivity contribution in [2.75, 3.05) is 13.2 Å². The van der Waals surface area contributed by atoms with Gasteiger partial charge in [0, 0.05) is 35.5 Å². The summed E-state index contributed by atoms with van der Waals surface area (Å²) in [7, 11) is 0. The van der Waals surface area contributed by atoms with Crippen molar-refractivity contribution in [1.82, 2.24) is 0 Å². The third-order valence-electron chi connectivity index (χ3n) is 4.09. The molecule has 2 aliphatic rings. The van der Waals surface area contributed by atoms with Crippen LogP contribution in [0.25, 0.3) is 0 Å². The molecule has 5 unspecified atom stereocenters. The molecule has 0 spiro atoms. The van der Waals surface area contributed by atoms with Crippen LogP contribution in [0.4, 0.5) is 0 Å². The molecule has 1 saturated carbocycles. The van der Waals surface area contributed by atoms with Gasteiger partial charge in [-0.15, -0.1) is 23.2 Å². The number of halogens is 4. The maximum Gasteiger partial charge on any atom is 0.197 e. The molecule has 18 heavy (non-hydrogen) atoms. The Bertz CT molecular complexity index is 348. The molecule has 0 heterocycles. The third-order valence-corrected chi connectivity index (χ3v) is 6.97. The Morgan fingerprint density at radius 3 is 2.00 bits per heavy atom. The molecule has 3 nitrogen and oxygen atoms in total. The van der Waals surface area contributed by atoms with E-state index in [0.717, 1.165) is 0 Å². The quantitative estimate of drug-likeness (QED) is 0.747. The Labute approximate surface area is 131 Å². The second-order valence-electron chi connectivity index (χ2n) is 4.62. The van der Waals surface area contributed by atoms with Crippen molar-refractivity contribution in [2.45, 2.75) is 17.2 Å². The molecule has 2 aliphatic carbocycles. The van der Waals surface area contributed by atoms with Crippen LogP contribution in [0.2, 0.25) is 0 Å². The highest BCUT2D eigenvalue weighted by atomic mass is 35.5. The Kier molecular flexibility index (Phi) is 5.33. The number of aliphatic hydroxyl groups is 2. The minimum atomic E-state index is -1.06. The van der Waals surface area contributed by atoms with Crippen molar-refractivity contribution in [3.05, 3.63) is 10.1 Å². The van der Waals surface area contributed by atoms with Gasteiger partial charge in [-0.2, -0.15) is 4.21 Å². The predicted molar refractivity (Wildman–Crippen MR) is 74.4 cm³/mol. The molecule has 104 valence electrons. The highest BCUT2D eigenvalue weighted by molar-refractivity contribution is 7.44. The van der Waals surface area contributed by atoms with Gasteiger partial charge in [0.05, 0.1) is 10.4 Å². The van der Waals surface area contributed by atoms with Crippen LogP contribution in [0.5, 0.6) is 0 Å². The Hall–Kier alpha value is 0.840. The second-order valence-corrected chi connectivity index (χ2v) is 6.44. The summed E-state index contributed by atoms with van der Waals surface area (Å²) in [6.07, 6.45) is 0. The van der Waals surface area contributed by atoms with Gasteiger partial charge in [-0.25, -0.2) is 0 Å². The number of allylic oxidation sites excluding steroid dienone is 2. The molecule has 0 radical (unpaired) electrons. The molecule has 5 atom stereocenters. The summed E-state index contributed by atoms with van der Waals surface area (Å²) in [6.45, 7) is 1.53. The third kappa shape index (κ3) is 1.77. The molecule has 0 saturated heterocycles. The fourth-order valence-electron chi connectivity index (χ4n) is 3.05. The van der Waals surface area contributed by atoms with Crippen LogP contribution < -0.4 is 0 Å². The van der Waals surface area contributed by atoms with Crippen LogP contribution in [0.15, 0.2) is 10.1 Å². The summed E-state index contributed by atoms with van der Waals surface area (Å²) in [5.41, 5.74) is -0.663. The maximum absolute atomic E-state index is 9.44. The number of alkyl halides is 2. The lowest BCUT2D eigenvalue weighted by Gasteiger charge is -2.36. The van der Waals surface area contributed by atoms with Crippen molar-refractivity contribution in [2.24, 2.45) is 17.3 Å². The highest BCUT2D eigenvalue weighted by Crippen LogP contribution is 2.70. The SMILES string of the molecule is CC12C(Cl)=C(Cl)C(Cl)(C(CO)C1CO)C2Cl.O=S. The molecule has 0 aromatic carbocycles. The van der Waals surface area contributed by atoms with Crippen molar-refractivity contribution in [3.8, 4) is 0 Å². The Balaban J connectivity index is 0.000000771. The van der Waals surface area contributed by atoms with E-state index in [1.54, 1.807) is 0 Å². The first-order valence-corrected chi connectivity index (χ1v) is 7.04. The molecular weight excluding hydrogens is 342 g/mol. The van der Waals surface area contributed by atoms with E-state index in [1.807, 2.05) is 6.92 Å². The highest BCUT2D eigenvalue weighted by Gasteiger charge is 2.72. The standard InChI is InChI=1S/C10H12Cl4O2.OS/c1-9-4(2-15)5(3-16)10(14,8(9)13)7(12)6(9)11;1-2/h4-5,8,15-16H,2-3H2,1H3;. The summed E-state index contributed by atoms with van der Waals surface area (Å²) in [5, 5.41) is 19.1. The Morgan fingerprint density at radius 1 is 1.17 bits per heavy atom. The van der Waals surface area contributed by atoms with Gasteiger partial charge in [0.15, 0.2) is 12.5 Å². The lowest BCUT2D eigenvalue weighted by molar-refractivity contribution is 0.0872. The van der Waals surface area contributed by atoms with E-state index in [4.69, 9.17) is 50.6 Å². The average molecular weight is 354 g/mol. The minimum Gasteiger partial charge on any atom is -0.396 e. The zero-order valence-corrected chi connectivity index (χ0v) is 13.2. The van der Waals surface area contributed by atoms with Crippen LogP contribution in [0.1, 0.15) is 6.92 Å². The first-order chi connectivity index (χ1) is 8.36.